The number of anilines is 1. The lowest BCUT2D eigenvalue weighted by Gasteiger charge is -2.25. The third-order valence-electron chi connectivity index (χ3n) is 3.36. The van der Waals surface area contributed by atoms with E-state index < -0.39 is 19.9 Å². The summed E-state index contributed by atoms with van der Waals surface area (Å²) in [6.45, 7) is 0. The van der Waals surface area contributed by atoms with Crippen LogP contribution in [-0.4, -0.2) is 41.4 Å². The molecule has 2 rings (SSSR count). The molecule has 6 nitrogen and oxygen atoms in total. The molecule has 112 valence electrons. The maximum absolute atomic E-state index is 11.9. The van der Waals surface area contributed by atoms with Crippen LogP contribution in [0, 0.1) is 0 Å². The van der Waals surface area contributed by atoms with Crippen molar-refractivity contribution in [2.45, 2.75) is 23.8 Å². The Morgan fingerprint density at radius 3 is 2.35 bits per heavy atom. The third kappa shape index (κ3) is 3.50. The summed E-state index contributed by atoms with van der Waals surface area (Å²) in [6.07, 6.45) is 0.993. The van der Waals surface area contributed by atoms with Crippen LogP contribution in [0.25, 0.3) is 0 Å². The SMILES string of the molecule is CNS(=O)(=O)c1ccccc1NC1CCS(=O)(=O)CC1. The van der Waals surface area contributed by atoms with E-state index in [2.05, 4.69) is 10.0 Å². The molecule has 1 heterocycles. The Bertz CT molecular complexity index is 669. The van der Waals surface area contributed by atoms with Gasteiger partial charge in [-0.05, 0) is 32.0 Å². The molecule has 20 heavy (non-hydrogen) atoms. The van der Waals surface area contributed by atoms with Gasteiger partial charge in [0.25, 0.3) is 0 Å². The Hall–Kier alpha value is -1.12. The van der Waals surface area contributed by atoms with Gasteiger partial charge in [-0.1, -0.05) is 12.1 Å². The van der Waals surface area contributed by atoms with Gasteiger partial charge in [0, 0.05) is 6.04 Å². The molecular formula is C12H18N2O4S2. The maximum atomic E-state index is 11.9. The van der Waals surface area contributed by atoms with E-state index in [9.17, 15) is 16.8 Å². The van der Waals surface area contributed by atoms with Crippen LogP contribution in [-0.2, 0) is 19.9 Å². The first-order chi connectivity index (χ1) is 9.34. The van der Waals surface area contributed by atoms with Gasteiger partial charge in [-0.3, -0.25) is 0 Å². The molecule has 0 saturated carbocycles. The second kappa shape index (κ2) is 5.71. The van der Waals surface area contributed by atoms with E-state index in [0.29, 0.717) is 18.5 Å². The van der Waals surface area contributed by atoms with Gasteiger partial charge in [0.2, 0.25) is 10.0 Å². The van der Waals surface area contributed by atoms with Crippen LogP contribution in [0.4, 0.5) is 5.69 Å². The number of hydrogen-bond acceptors (Lipinski definition) is 5. The predicted molar refractivity (Wildman–Crippen MR) is 78.0 cm³/mol. The van der Waals surface area contributed by atoms with Crippen molar-refractivity contribution in [1.82, 2.24) is 4.72 Å². The highest BCUT2D eigenvalue weighted by atomic mass is 32.2. The van der Waals surface area contributed by atoms with Gasteiger partial charge in [0.05, 0.1) is 17.2 Å². The Labute approximate surface area is 119 Å². The second-order valence-electron chi connectivity index (χ2n) is 4.77. The lowest BCUT2D eigenvalue weighted by Crippen LogP contribution is -2.32. The van der Waals surface area contributed by atoms with Gasteiger partial charge in [-0.15, -0.1) is 0 Å². The molecule has 1 aromatic carbocycles. The molecule has 1 aliphatic heterocycles. The highest BCUT2D eigenvalue weighted by Crippen LogP contribution is 2.24. The van der Waals surface area contributed by atoms with Crippen molar-refractivity contribution in [3.63, 3.8) is 0 Å². The summed E-state index contributed by atoms with van der Waals surface area (Å²) in [4.78, 5) is 0.177. The van der Waals surface area contributed by atoms with Crippen molar-refractivity contribution in [2.24, 2.45) is 0 Å². The van der Waals surface area contributed by atoms with Crippen molar-refractivity contribution in [3.8, 4) is 0 Å². The van der Waals surface area contributed by atoms with E-state index in [0.717, 1.165) is 0 Å². The molecule has 0 aromatic heterocycles. The van der Waals surface area contributed by atoms with Crippen LogP contribution in [0.2, 0.25) is 0 Å². The van der Waals surface area contributed by atoms with Gasteiger partial charge in [-0.2, -0.15) is 0 Å². The molecule has 0 atom stereocenters. The van der Waals surface area contributed by atoms with Crippen molar-refractivity contribution in [1.29, 1.82) is 0 Å². The van der Waals surface area contributed by atoms with Crippen LogP contribution in [0.15, 0.2) is 29.2 Å². The van der Waals surface area contributed by atoms with E-state index >= 15 is 0 Å². The van der Waals surface area contributed by atoms with Gasteiger partial charge in [0.1, 0.15) is 14.7 Å². The minimum Gasteiger partial charge on any atom is -0.381 e. The summed E-state index contributed by atoms with van der Waals surface area (Å²) < 4.78 is 48.9. The molecule has 2 N–H and O–H groups in total. The largest absolute Gasteiger partial charge is 0.381 e. The Morgan fingerprint density at radius 2 is 1.75 bits per heavy atom. The number of hydrogen-bond donors (Lipinski definition) is 2. The third-order valence-corrected chi connectivity index (χ3v) is 6.55. The zero-order valence-electron chi connectivity index (χ0n) is 11.2. The lowest BCUT2D eigenvalue weighted by molar-refractivity contribution is 0.558. The predicted octanol–water partition coefficient (Wildman–Crippen LogP) is 0.584. The summed E-state index contributed by atoms with van der Waals surface area (Å²) in [5, 5.41) is 3.14. The molecule has 0 bridgehead atoms. The van der Waals surface area contributed by atoms with E-state index in [1.807, 2.05) is 0 Å². The summed E-state index contributed by atoms with van der Waals surface area (Å²) in [6, 6.07) is 6.59. The summed E-state index contributed by atoms with van der Waals surface area (Å²) >= 11 is 0. The van der Waals surface area contributed by atoms with Crippen LogP contribution in [0.1, 0.15) is 12.8 Å². The molecule has 1 aliphatic rings. The van der Waals surface area contributed by atoms with Gasteiger partial charge in [-0.25, -0.2) is 21.6 Å². The molecule has 0 radical (unpaired) electrons. The fourth-order valence-electron chi connectivity index (χ4n) is 2.18. The number of nitrogens with one attached hydrogen (secondary N) is 2. The van der Waals surface area contributed by atoms with Crippen molar-refractivity contribution >= 4 is 25.5 Å². The number of sulfonamides is 1. The molecule has 1 aromatic rings. The number of rotatable bonds is 4. The maximum Gasteiger partial charge on any atom is 0.242 e. The molecule has 0 spiro atoms. The molecule has 0 aliphatic carbocycles. The van der Waals surface area contributed by atoms with Crippen LogP contribution in [0.5, 0.6) is 0 Å². The standard InChI is InChI=1S/C12H18N2O4S2/c1-13-20(17,18)12-5-3-2-4-11(12)14-10-6-8-19(15,16)9-7-10/h2-5,10,13-14H,6-9H2,1H3. The van der Waals surface area contributed by atoms with Crippen LogP contribution >= 0.6 is 0 Å². The van der Waals surface area contributed by atoms with Gasteiger partial charge < -0.3 is 5.32 Å². The molecular weight excluding hydrogens is 300 g/mol. The topological polar surface area (TPSA) is 92.3 Å². The van der Waals surface area contributed by atoms with Gasteiger partial charge in [0.15, 0.2) is 0 Å². The Balaban J connectivity index is 2.19. The normalized spacial score (nSPS) is 19.6. The zero-order valence-corrected chi connectivity index (χ0v) is 12.8. The molecule has 1 fully saturated rings. The van der Waals surface area contributed by atoms with E-state index in [-0.39, 0.29) is 22.4 Å². The molecule has 1 saturated heterocycles. The van der Waals surface area contributed by atoms with E-state index in [1.54, 1.807) is 18.2 Å². The van der Waals surface area contributed by atoms with Crippen molar-refractivity contribution < 1.29 is 16.8 Å². The van der Waals surface area contributed by atoms with E-state index in [4.69, 9.17) is 0 Å². The monoisotopic (exact) mass is 318 g/mol. The number of benzene rings is 1. The molecule has 0 amide bonds. The van der Waals surface area contributed by atoms with E-state index in [1.165, 1.54) is 13.1 Å². The minimum absolute atomic E-state index is 0.0215. The number of para-hydroxylation sites is 1. The first-order valence-corrected chi connectivity index (χ1v) is 9.64. The zero-order chi connectivity index (χ0) is 14.8. The van der Waals surface area contributed by atoms with Crippen LogP contribution < -0.4 is 10.0 Å². The Morgan fingerprint density at radius 1 is 1.15 bits per heavy atom. The summed E-state index contributed by atoms with van der Waals surface area (Å²) in [5.41, 5.74) is 0.506. The summed E-state index contributed by atoms with van der Waals surface area (Å²) in [5.74, 6) is 0.289. The van der Waals surface area contributed by atoms with Crippen LogP contribution in [0.3, 0.4) is 0 Å². The van der Waals surface area contributed by atoms with Crippen molar-refractivity contribution in [2.75, 3.05) is 23.9 Å². The average molecular weight is 318 g/mol. The summed E-state index contributed by atoms with van der Waals surface area (Å²) in [7, 11) is -5.09. The fraction of sp³-hybridized carbons (Fsp3) is 0.500. The fourth-order valence-corrected chi connectivity index (χ4v) is 4.57. The molecule has 8 heteroatoms. The second-order valence-corrected chi connectivity index (χ2v) is 8.93. The Kier molecular flexibility index (Phi) is 4.36. The van der Waals surface area contributed by atoms with Crippen molar-refractivity contribution in [3.05, 3.63) is 24.3 Å². The highest BCUT2D eigenvalue weighted by molar-refractivity contribution is 7.91. The smallest absolute Gasteiger partial charge is 0.242 e. The van der Waals surface area contributed by atoms with Gasteiger partial charge >= 0.3 is 0 Å². The quantitative estimate of drug-likeness (QED) is 0.847. The number of sulfone groups is 1. The highest BCUT2D eigenvalue weighted by Gasteiger charge is 2.25. The minimum atomic E-state index is -3.53. The first kappa shape index (κ1) is 15.3. The molecule has 0 unspecified atom stereocenters. The average Bonchev–Trinajstić information content (AvgIpc) is 2.42. The lowest BCUT2D eigenvalue weighted by atomic mass is 10.1. The first-order valence-electron chi connectivity index (χ1n) is 6.33.